The number of amides is 1. The molecule has 0 saturated carbocycles. The molecule has 0 unspecified atom stereocenters. The molecule has 0 aliphatic heterocycles. The maximum absolute atomic E-state index is 11.8. The molecule has 1 aromatic carbocycles. The Hall–Kier alpha value is -2.07. The molecule has 0 aliphatic rings. The normalized spacial score (nSPS) is 10.1. The first-order chi connectivity index (χ1) is 9.67. The zero-order valence-electron chi connectivity index (χ0n) is 11.1. The number of anilines is 1. The Bertz CT molecular complexity index is 585. The molecule has 1 aromatic heterocycles. The number of methoxy groups -OCH3 is 1. The van der Waals surface area contributed by atoms with Crippen molar-refractivity contribution < 1.29 is 9.53 Å². The van der Waals surface area contributed by atoms with Crippen LogP contribution in [-0.4, -0.2) is 18.0 Å². The third-order valence-electron chi connectivity index (χ3n) is 2.79. The molecule has 0 aliphatic carbocycles. The van der Waals surface area contributed by atoms with Crippen molar-refractivity contribution in [2.45, 2.75) is 12.8 Å². The summed E-state index contributed by atoms with van der Waals surface area (Å²) < 4.78 is 5.08. The van der Waals surface area contributed by atoms with E-state index in [1.54, 1.807) is 25.4 Å². The predicted octanol–water partition coefficient (Wildman–Crippen LogP) is 3.31. The number of nitrogens with one attached hydrogen (secondary N) is 1. The summed E-state index contributed by atoms with van der Waals surface area (Å²) in [4.78, 5) is 15.8. The maximum atomic E-state index is 11.8. The number of carbonyl (C=O) groups is 1. The Labute approximate surface area is 122 Å². The van der Waals surface area contributed by atoms with E-state index in [2.05, 4.69) is 10.3 Å². The van der Waals surface area contributed by atoms with Gasteiger partial charge in [0.25, 0.3) is 0 Å². The van der Waals surface area contributed by atoms with E-state index < -0.39 is 0 Å². The van der Waals surface area contributed by atoms with Gasteiger partial charge in [0.05, 0.1) is 7.11 Å². The third-order valence-corrected chi connectivity index (χ3v) is 3.02. The van der Waals surface area contributed by atoms with E-state index in [0.717, 1.165) is 11.3 Å². The van der Waals surface area contributed by atoms with Gasteiger partial charge in [-0.25, -0.2) is 4.98 Å². The standard InChI is InChI=1S/C15H15ClN2O2/c1-20-13-5-2-11(3-6-13)4-7-15(19)18-14-10-12(16)8-9-17-14/h2-3,5-6,8-10H,4,7H2,1H3,(H,17,18,19). The van der Waals surface area contributed by atoms with Crippen molar-refractivity contribution in [2.24, 2.45) is 0 Å². The van der Waals surface area contributed by atoms with Crippen LogP contribution < -0.4 is 10.1 Å². The number of ether oxygens (including phenoxy) is 1. The number of pyridine rings is 1. The minimum Gasteiger partial charge on any atom is -0.497 e. The Balaban J connectivity index is 1.85. The van der Waals surface area contributed by atoms with Gasteiger partial charge in [0, 0.05) is 17.6 Å². The lowest BCUT2D eigenvalue weighted by Gasteiger charge is -2.05. The van der Waals surface area contributed by atoms with Crippen molar-refractivity contribution in [3.8, 4) is 5.75 Å². The van der Waals surface area contributed by atoms with Gasteiger partial charge >= 0.3 is 0 Å². The fourth-order valence-corrected chi connectivity index (χ4v) is 1.89. The average molecular weight is 291 g/mol. The van der Waals surface area contributed by atoms with Crippen molar-refractivity contribution in [3.05, 3.63) is 53.2 Å². The van der Waals surface area contributed by atoms with Crippen molar-refractivity contribution in [1.29, 1.82) is 0 Å². The fourth-order valence-electron chi connectivity index (χ4n) is 1.73. The highest BCUT2D eigenvalue weighted by Crippen LogP contribution is 2.14. The van der Waals surface area contributed by atoms with Crippen LogP contribution in [0.4, 0.5) is 5.82 Å². The molecule has 0 atom stereocenters. The molecule has 0 saturated heterocycles. The van der Waals surface area contributed by atoms with Gasteiger partial charge in [0.1, 0.15) is 11.6 Å². The molecule has 104 valence electrons. The van der Waals surface area contributed by atoms with Crippen molar-refractivity contribution >= 4 is 23.3 Å². The third kappa shape index (κ3) is 4.24. The van der Waals surface area contributed by atoms with E-state index in [1.165, 1.54) is 0 Å². The van der Waals surface area contributed by atoms with Gasteiger partial charge in [-0.2, -0.15) is 0 Å². The molecular formula is C15H15ClN2O2. The molecule has 4 nitrogen and oxygen atoms in total. The minimum absolute atomic E-state index is 0.0874. The van der Waals surface area contributed by atoms with Crippen LogP contribution in [-0.2, 0) is 11.2 Å². The zero-order chi connectivity index (χ0) is 14.4. The molecule has 0 bridgehead atoms. The largest absolute Gasteiger partial charge is 0.497 e. The SMILES string of the molecule is COc1ccc(CCC(=O)Nc2cc(Cl)ccn2)cc1. The molecule has 1 amide bonds. The summed E-state index contributed by atoms with van der Waals surface area (Å²) in [6.07, 6.45) is 2.61. The Morgan fingerprint density at radius 1 is 1.30 bits per heavy atom. The lowest BCUT2D eigenvalue weighted by Crippen LogP contribution is -2.13. The molecule has 2 rings (SSSR count). The number of aryl methyl sites for hydroxylation is 1. The topological polar surface area (TPSA) is 51.2 Å². The Morgan fingerprint density at radius 2 is 2.05 bits per heavy atom. The van der Waals surface area contributed by atoms with Crippen LogP contribution in [0.25, 0.3) is 0 Å². The quantitative estimate of drug-likeness (QED) is 0.919. The van der Waals surface area contributed by atoms with Crippen LogP contribution in [0.2, 0.25) is 5.02 Å². The highest BCUT2D eigenvalue weighted by molar-refractivity contribution is 6.30. The highest BCUT2D eigenvalue weighted by atomic mass is 35.5. The number of nitrogens with zero attached hydrogens (tertiary/aromatic N) is 1. The van der Waals surface area contributed by atoms with Gasteiger partial charge in [-0.15, -0.1) is 0 Å². The minimum atomic E-state index is -0.0874. The van der Waals surface area contributed by atoms with Gasteiger partial charge in [-0.3, -0.25) is 4.79 Å². The molecule has 0 fully saturated rings. The summed E-state index contributed by atoms with van der Waals surface area (Å²) in [5.74, 6) is 1.19. The monoisotopic (exact) mass is 290 g/mol. The maximum Gasteiger partial charge on any atom is 0.225 e. The second-order valence-electron chi connectivity index (χ2n) is 4.26. The highest BCUT2D eigenvalue weighted by Gasteiger charge is 2.04. The van der Waals surface area contributed by atoms with E-state index in [-0.39, 0.29) is 5.91 Å². The van der Waals surface area contributed by atoms with Gasteiger partial charge < -0.3 is 10.1 Å². The molecule has 1 heterocycles. The molecule has 1 N–H and O–H groups in total. The van der Waals surface area contributed by atoms with Crippen LogP contribution in [0.5, 0.6) is 5.75 Å². The number of rotatable bonds is 5. The molecular weight excluding hydrogens is 276 g/mol. The van der Waals surface area contributed by atoms with E-state index in [9.17, 15) is 4.79 Å². The predicted molar refractivity (Wildman–Crippen MR) is 79.2 cm³/mol. The summed E-state index contributed by atoms with van der Waals surface area (Å²) in [6, 6.07) is 10.9. The zero-order valence-corrected chi connectivity index (χ0v) is 11.9. The van der Waals surface area contributed by atoms with Crippen molar-refractivity contribution in [3.63, 3.8) is 0 Å². The number of benzene rings is 1. The van der Waals surface area contributed by atoms with E-state index in [0.29, 0.717) is 23.7 Å². The first-order valence-electron chi connectivity index (χ1n) is 6.22. The Kier molecular flexibility index (Phi) is 4.96. The summed E-state index contributed by atoms with van der Waals surface area (Å²) in [7, 11) is 1.63. The van der Waals surface area contributed by atoms with Crippen LogP contribution in [0, 0.1) is 0 Å². The molecule has 0 radical (unpaired) electrons. The summed E-state index contributed by atoms with van der Waals surface area (Å²) in [5.41, 5.74) is 1.08. The van der Waals surface area contributed by atoms with Crippen molar-refractivity contribution in [2.75, 3.05) is 12.4 Å². The number of aromatic nitrogens is 1. The van der Waals surface area contributed by atoms with E-state index >= 15 is 0 Å². The summed E-state index contributed by atoms with van der Waals surface area (Å²) >= 11 is 5.83. The lowest BCUT2D eigenvalue weighted by atomic mass is 10.1. The second-order valence-corrected chi connectivity index (χ2v) is 4.69. The molecule has 2 aromatic rings. The van der Waals surface area contributed by atoms with E-state index in [1.807, 2.05) is 24.3 Å². The van der Waals surface area contributed by atoms with Crippen LogP contribution in [0.3, 0.4) is 0 Å². The molecule has 5 heteroatoms. The van der Waals surface area contributed by atoms with E-state index in [4.69, 9.17) is 16.3 Å². The summed E-state index contributed by atoms with van der Waals surface area (Å²) in [6.45, 7) is 0. The number of carbonyl (C=O) groups excluding carboxylic acids is 1. The van der Waals surface area contributed by atoms with Gasteiger partial charge in [0.2, 0.25) is 5.91 Å². The first kappa shape index (κ1) is 14.3. The molecule has 20 heavy (non-hydrogen) atoms. The van der Waals surface area contributed by atoms with Gasteiger partial charge in [-0.05, 0) is 36.2 Å². The fraction of sp³-hybridized carbons (Fsp3) is 0.200. The average Bonchev–Trinajstić information content (AvgIpc) is 2.46. The smallest absolute Gasteiger partial charge is 0.225 e. The number of hydrogen-bond donors (Lipinski definition) is 1. The Morgan fingerprint density at radius 3 is 2.70 bits per heavy atom. The van der Waals surface area contributed by atoms with Crippen LogP contribution in [0.15, 0.2) is 42.6 Å². The van der Waals surface area contributed by atoms with Gasteiger partial charge in [0.15, 0.2) is 0 Å². The van der Waals surface area contributed by atoms with Crippen molar-refractivity contribution in [1.82, 2.24) is 4.98 Å². The molecule has 0 spiro atoms. The second kappa shape index (κ2) is 6.91. The van der Waals surface area contributed by atoms with Crippen LogP contribution >= 0.6 is 11.6 Å². The number of hydrogen-bond acceptors (Lipinski definition) is 3. The van der Waals surface area contributed by atoms with Gasteiger partial charge in [-0.1, -0.05) is 23.7 Å². The first-order valence-corrected chi connectivity index (χ1v) is 6.59. The lowest BCUT2D eigenvalue weighted by molar-refractivity contribution is -0.116. The van der Waals surface area contributed by atoms with Crippen LogP contribution in [0.1, 0.15) is 12.0 Å². The number of halogens is 1. The summed E-state index contributed by atoms with van der Waals surface area (Å²) in [5, 5.41) is 3.26.